The zero-order valence-corrected chi connectivity index (χ0v) is 11.8. The third-order valence-corrected chi connectivity index (χ3v) is 3.56. The minimum Gasteiger partial charge on any atom is -0.342 e. The van der Waals surface area contributed by atoms with Crippen LogP contribution in [-0.4, -0.2) is 47.6 Å². The molecule has 0 radical (unpaired) electrons. The molecule has 2 atom stereocenters. The van der Waals surface area contributed by atoms with Crippen molar-refractivity contribution in [3.8, 4) is 0 Å². The standard InChI is InChI=1S/C13H22N4O2/c1-9(7-14-3)13(18)17-6-4-5-11(8-17)12-15-10(2)16-19-12/h9,11,14H,4-8H2,1-3H3. The van der Waals surface area contributed by atoms with E-state index in [1.165, 1.54) is 0 Å². The van der Waals surface area contributed by atoms with E-state index in [-0.39, 0.29) is 17.7 Å². The molecule has 1 aromatic heterocycles. The fourth-order valence-corrected chi connectivity index (χ4v) is 2.56. The number of nitrogens with zero attached hydrogens (tertiary/aromatic N) is 3. The minimum atomic E-state index is 0.00757. The second-order valence-electron chi connectivity index (χ2n) is 5.26. The fraction of sp³-hybridized carbons (Fsp3) is 0.769. The summed E-state index contributed by atoms with van der Waals surface area (Å²) in [4.78, 5) is 18.5. The van der Waals surface area contributed by atoms with Gasteiger partial charge in [0.2, 0.25) is 11.8 Å². The van der Waals surface area contributed by atoms with Gasteiger partial charge in [-0.1, -0.05) is 12.1 Å². The summed E-state index contributed by atoms with van der Waals surface area (Å²) in [5, 5.41) is 6.87. The molecule has 1 aliphatic rings. The molecule has 0 spiro atoms. The predicted molar refractivity (Wildman–Crippen MR) is 70.7 cm³/mol. The number of likely N-dealkylation sites (tertiary alicyclic amines) is 1. The number of hydrogen-bond acceptors (Lipinski definition) is 5. The Labute approximate surface area is 113 Å². The second-order valence-corrected chi connectivity index (χ2v) is 5.26. The lowest BCUT2D eigenvalue weighted by atomic mass is 9.96. The van der Waals surface area contributed by atoms with E-state index in [9.17, 15) is 4.79 Å². The summed E-state index contributed by atoms with van der Waals surface area (Å²) in [5.74, 6) is 1.71. The van der Waals surface area contributed by atoms with Crippen LogP contribution in [0.15, 0.2) is 4.52 Å². The van der Waals surface area contributed by atoms with E-state index in [2.05, 4.69) is 15.5 Å². The number of hydrogen-bond donors (Lipinski definition) is 1. The summed E-state index contributed by atoms with van der Waals surface area (Å²) < 4.78 is 5.23. The normalized spacial score (nSPS) is 21.4. The highest BCUT2D eigenvalue weighted by atomic mass is 16.5. The molecule has 19 heavy (non-hydrogen) atoms. The molecule has 106 valence electrons. The molecule has 0 aliphatic carbocycles. The first-order valence-corrected chi connectivity index (χ1v) is 6.85. The van der Waals surface area contributed by atoms with E-state index in [0.717, 1.165) is 19.4 Å². The summed E-state index contributed by atoms with van der Waals surface area (Å²) >= 11 is 0. The average Bonchev–Trinajstić information content (AvgIpc) is 2.85. The largest absolute Gasteiger partial charge is 0.342 e. The molecule has 1 aliphatic heterocycles. The topological polar surface area (TPSA) is 71.3 Å². The lowest BCUT2D eigenvalue weighted by Crippen LogP contribution is -2.43. The molecule has 2 unspecified atom stereocenters. The van der Waals surface area contributed by atoms with Crippen molar-refractivity contribution in [3.05, 3.63) is 11.7 Å². The maximum atomic E-state index is 12.3. The van der Waals surface area contributed by atoms with Gasteiger partial charge in [0.15, 0.2) is 5.82 Å². The highest BCUT2D eigenvalue weighted by Gasteiger charge is 2.29. The van der Waals surface area contributed by atoms with Gasteiger partial charge in [0, 0.05) is 25.6 Å². The summed E-state index contributed by atoms with van der Waals surface area (Å²) in [6, 6.07) is 0. The van der Waals surface area contributed by atoms with Crippen molar-refractivity contribution in [2.45, 2.75) is 32.6 Å². The van der Waals surface area contributed by atoms with Gasteiger partial charge in [-0.25, -0.2) is 0 Å². The fourth-order valence-electron chi connectivity index (χ4n) is 2.56. The third-order valence-electron chi connectivity index (χ3n) is 3.56. The molecule has 6 nitrogen and oxygen atoms in total. The van der Waals surface area contributed by atoms with Gasteiger partial charge in [-0.3, -0.25) is 4.79 Å². The molecule has 1 N–H and O–H groups in total. The van der Waals surface area contributed by atoms with Crippen LogP contribution < -0.4 is 5.32 Å². The molecule has 1 aromatic rings. The van der Waals surface area contributed by atoms with E-state index in [0.29, 0.717) is 24.8 Å². The van der Waals surface area contributed by atoms with Gasteiger partial charge in [0.1, 0.15) is 0 Å². The van der Waals surface area contributed by atoms with Crippen molar-refractivity contribution in [2.75, 3.05) is 26.7 Å². The van der Waals surface area contributed by atoms with Gasteiger partial charge < -0.3 is 14.7 Å². The van der Waals surface area contributed by atoms with Crippen LogP contribution in [-0.2, 0) is 4.79 Å². The van der Waals surface area contributed by atoms with Crippen LogP contribution >= 0.6 is 0 Å². The van der Waals surface area contributed by atoms with Crippen LogP contribution in [0.1, 0.15) is 37.4 Å². The number of carbonyl (C=O) groups excluding carboxylic acids is 1. The molecule has 6 heteroatoms. The van der Waals surface area contributed by atoms with E-state index >= 15 is 0 Å². The summed E-state index contributed by atoms with van der Waals surface area (Å²) in [6.45, 7) is 6.00. The molecule has 2 rings (SSSR count). The Morgan fingerprint density at radius 2 is 2.42 bits per heavy atom. The summed E-state index contributed by atoms with van der Waals surface area (Å²) in [6.07, 6.45) is 2.00. The quantitative estimate of drug-likeness (QED) is 0.878. The van der Waals surface area contributed by atoms with Crippen LogP contribution in [0.3, 0.4) is 0 Å². The summed E-state index contributed by atoms with van der Waals surface area (Å²) in [5.41, 5.74) is 0. The molecule has 1 fully saturated rings. The third kappa shape index (κ3) is 3.32. The molecular formula is C13H22N4O2. The van der Waals surface area contributed by atoms with Crippen molar-refractivity contribution in [1.82, 2.24) is 20.4 Å². The highest BCUT2D eigenvalue weighted by Crippen LogP contribution is 2.26. The van der Waals surface area contributed by atoms with E-state index < -0.39 is 0 Å². The van der Waals surface area contributed by atoms with Gasteiger partial charge >= 0.3 is 0 Å². The molecule has 0 bridgehead atoms. The number of piperidine rings is 1. The smallest absolute Gasteiger partial charge is 0.231 e. The number of aromatic nitrogens is 2. The number of rotatable bonds is 4. The van der Waals surface area contributed by atoms with Crippen molar-refractivity contribution in [1.29, 1.82) is 0 Å². The van der Waals surface area contributed by atoms with Gasteiger partial charge in [-0.2, -0.15) is 4.98 Å². The van der Waals surface area contributed by atoms with Gasteiger partial charge in [-0.05, 0) is 26.8 Å². The Kier molecular flexibility index (Phi) is 4.52. The Balaban J connectivity index is 1.99. The van der Waals surface area contributed by atoms with Crippen LogP contribution in [0.2, 0.25) is 0 Å². The Hall–Kier alpha value is -1.43. The first-order valence-electron chi connectivity index (χ1n) is 6.85. The van der Waals surface area contributed by atoms with E-state index in [4.69, 9.17) is 4.52 Å². The van der Waals surface area contributed by atoms with E-state index in [1.54, 1.807) is 0 Å². The van der Waals surface area contributed by atoms with Crippen molar-refractivity contribution in [2.24, 2.45) is 5.92 Å². The zero-order valence-electron chi connectivity index (χ0n) is 11.8. The molecular weight excluding hydrogens is 244 g/mol. The molecule has 1 saturated heterocycles. The van der Waals surface area contributed by atoms with Crippen molar-refractivity contribution >= 4 is 5.91 Å². The van der Waals surface area contributed by atoms with Crippen LogP contribution in [0.5, 0.6) is 0 Å². The van der Waals surface area contributed by atoms with Crippen molar-refractivity contribution in [3.63, 3.8) is 0 Å². The number of carbonyl (C=O) groups is 1. The second kappa shape index (κ2) is 6.14. The number of aryl methyl sites for hydroxylation is 1. The molecule has 1 amide bonds. The number of amides is 1. The average molecular weight is 266 g/mol. The maximum absolute atomic E-state index is 12.3. The first-order chi connectivity index (χ1) is 9.11. The van der Waals surface area contributed by atoms with E-state index in [1.807, 2.05) is 25.8 Å². The highest BCUT2D eigenvalue weighted by molar-refractivity contribution is 5.78. The Morgan fingerprint density at radius 1 is 1.63 bits per heavy atom. The van der Waals surface area contributed by atoms with Gasteiger partial charge in [0.25, 0.3) is 0 Å². The SMILES string of the molecule is CNCC(C)C(=O)N1CCCC(c2nc(C)no2)C1. The molecule has 2 heterocycles. The molecule has 0 aromatic carbocycles. The number of nitrogens with one attached hydrogen (secondary N) is 1. The molecule has 0 saturated carbocycles. The Morgan fingerprint density at radius 3 is 3.05 bits per heavy atom. The monoisotopic (exact) mass is 266 g/mol. The first kappa shape index (κ1) is 14.0. The zero-order chi connectivity index (χ0) is 13.8. The summed E-state index contributed by atoms with van der Waals surface area (Å²) in [7, 11) is 1.87. The van der Waals surface area contributed by atoms with Crippen LogP contribution in [0, 0.1) is 12.8 Å². The Bertz CT molecular complexity index is 432. The lowest BCUT2D eigenvalue weighted by Gasteiger charge is -2.32. The predicted octanol–water partition coefficient (Wildman–Crippen LogP) is 0.940. The lowest BCUT2D eigenvalue weighted by molar-refractivity contribution is -0.136. The van der Waals surface area contributed by atoms with Crippen LogP contribution in [0.25, 0.3) is 0 Å². The van der Waals surface area contributed by atoms with Gasteiger partial charge in [0.05, 0.1) is 5.92 Å². The van der Waals surface area contributed by atoms with Gasteiger partial charge in [-0.15, -0.1) is 0 Å². The van der Waals surface area contributed by atoms with Crippen LogP contribution in [0.4, 0.5) is 0 Å². The maximum Gasteiger partial charge on any atom is 0.231 e. The minimum absolute atomic E-state index is 0.00757. The van der Waals surface area contributed by atoms with Crippen molar-refractivity contribution < 1.29 is 9.32 Å².